The SMILES string of the molecule is COc1cccc2cc(/C=C/C(=O)OC(C)C(=O)Nc3ccccc3C(C)=O)oc12. The maximum Gasteiger partial charge on any atom is 0.331 e. The summed E-state index contributed by atoms with van der Waals surface area (Å²) < 4.78 is 16.1. The summed E-state index contributed by atoms with van der Waals surface area (Å²) in [7, 11) is 1.55. The van der Waals surface area contributed by atoms with Crippen LogP contribution in [0.4, 0.5) is 5.69 Å². The smallest absolute Gasteiger partial charge is 0.331 e. The largest absolute Gasteiger partial charge is 0.493 e. The third-order valence-electron chi connectivity index (χ3n) is 4.36. The fourth-order valence-corrected chi connectivity index (χ4v) is 2.85. The van der Waals surface area contributed by atoms with Gasteiger partial charge in [0, 0.05) is 17.0 Å². The van der Waals surface area contributed by atoms with Crippen LogP contribution < -0.4 is 10.1 Å². The highest BCUT2D eigenvalue weighted by molar-refractivity contribution is 6.05. The van der Waals surface area contributed by atoms with Crippen LogP contribution in [0.3, 0.4) is 0 Å². The van der Waals surface area contributed by atoms with E-state index >= 15 is 0 Å². The molecular weight excluding hydrogens is 386 g/mol. The summed E-state index contributed by atoms with van der Waals surface area (Å²) in [5.41, 5.74) is 1.32. The number of furan rings is 1. The van der Waals surface area contributed by atoms with Crippen molar-refractivity contribution in [3.8, 4) is 5.75 Å². The van der Waals surface area contributed by atoms with Crippen molar-refractivity contribution in [1.29, 1.82) is 0 Å². The van der Waals surface area contributed by atoms with Crippen molar-refractivity contribution < 1.29 is 28.3 Å². The van der Waals surface area contributed by atoms with Gasteiger partial charge in [0.2, 0.25) is 0 Å². The Morgan fingerprint density at radius 3 is 2.60 bits per heavy atom. The first-order chi connectivity index (χ1) is 14.4. The average Bonchev–Trinajstić information content (AvgIpc) is 3.15. The van der Waals surface area contributed by atoms with Crippen LogP contribution in [-0.4, -0.2) is 30.9 Å². The molecule has 0 aliphatic carbocycles. The van der Waals surface area contributed by atoms with E-state index in [2.05, 4.69) is 5.32 Å². The van der Waals surface area contributed by atoms with E-state index in [0.717, 1.165) is 5.39 Å². The topological polar surface area (TPSA) is 94.8 Å². The van der Waals surface area contributed by atoms with E-state index in [1.54, 1.807) is 43.5 Å². The number of carbonyl (C=O) groups excluding carboxylic acids is 3. The Morgan fingerprint density at radius 1 is 1.10 bits per heavy atom. The van der Waals surface area contributed by atoms with Gasteiger partial charge in [0.25, 0.3) is 5.91 Å². The summed E-state index contributed by atoms with van der Waals surface area (Å²) in [4.78, 5) is 36.1. The van der Waals surface area contributed by atoms with Gasteiger partial charge in [-0.1, -0.05) is 24.3 Å². The molecule has 1 amide bonds. The van der Waals surface area contributed by atoms with Gasteiger partial charge < -0.3 is 19.2 Å². The van der Waals surface area contributed by atoms with Crippen LogP contribution in [0.2, 0.25) is 0 Å². The highest BCUT2D eigenvalue weighted by atomic mass is 16.5. The van der Waals surface area contributed by atoms with Crippen molar-refractivity contribution in [1.82, 2.24) is 0 Å². The quantitative estimate of drug-likeness (QED) is 0.358. The standard InChI is InChI=1S/C23H21NO6/c1-14(25)18-8-4-5-9-19(18)24-23(27)15(2)29-21(26)12-11-17-13-16-7-6-10-20(28-3)22(16)30-17/h4-13,15H,1-3H3,(H,24,27)/b12-11+. The number of esters is 1. The Hall–Kier alpha value is -3.87. The molecule has 0 radical (unpaired) electrons. The zero-order valence-electron chi connectivity index (χ0n) is 16.8. The number of methoxy groups -OCH3 is 1. The number of rotatable bonds is 7. The Morgan fingerprint density at radius 2 is 1.87 bits per heavy atom. The summed E-state index contributed by atoms with van der Waals surface area (Å²) >= 11 is 0. The first kappa shape index (κ1) is 20.9. The molecule has 1 heterocycles. The van der Waals surface area contributed by atoms with Gasteiger partial charge in [0.05, 0.1) is 12.8 Å². The van der Waals surface area contributed by atoms with Gasteiger partial charge in [-0.25, -0.2) is 4.79 Å². The Labute approximate surface area is 173 Å². The normalized spacial score (nSPS) is 12.0. The van der Waals surface area contributed by atoms with Crippen molar-refractivity contribution in [3.63, 3.8) is 0 Å². The Balaban J connectivity index is 1.63. The third-order valence-corrected chi connectivity index (χ3v) is 4.36. The molecule has 3 rings (SSSR count). The summed E-state index contributed by atoms with van der Waals surface area (Å²) in [6, 6.07) is 13.9. The maximum atomic E-state index is 12.3. The molecule has 7 heteroatoms. The summed E-state index contributed by atoms with van der Waals surface area (Å²) in [5.74, 6) is -0.394. The number of nitrogens with one attached hydrogen (secondary N) is 1. The molecule has 3 aromatic rings. The monoisotopic (exact) mass is 407 g/mol. The van der Waals surface area contributed by atoms with E-state index in [-0.39, 0.29) is 5.78 Å². The van der Waals surface area contributed by atoms with Crippen LogP contribution >= 0.6 is 0 Å². The zero-order chi connectivity index (χ0) is 21.7. The molecule has 0 aliphatic rings. The number of hydrogen-bond donors (Lipinski definition) is 1. The number of amides is 1. The van der Waals surface area contributed by atoms with Crippen LogP contribution in [0.1, 0.15) is 30.0 Å². The fourth-order valence-electron chi connectivity index (χ4n) is 2.85. The highest BCUT2D eigenvalue weighted by Gasteiger charge is 2.18. The number of Topliss-reactive ketones (excluding diaryl/α,β-unsaturated/α-hetero) is 1. The van der Waals surface area contributed by atoms with Gasteiger partial charge in [-0.2, -0.15) is 0 Å². The molecule has 7 nitrogen and oxygen atoms in total. The lowest BCUT2D eigenvalue weighted by Crippen LogP contribution is -2.30. The predicted molar refractivity (Wildman–Crippen MR) is 112 cm³/mol. The maximum absolute atomic E-state index is 12.3. The van der Waals surface area contributed by atoms with Gasteiger partial charge in [-0.3, -0.25) is 9.59 Å². The van der Waals surface area contributed by atoms with Crippen molar-refractivity contribution in [2.24, 2.45) is 0 Å². The van der Waals surface area contributed by atoms with Crippen molar-refractivity contribution in [2.45, 2.75) is 20.0 Å². The fraction of sp³-hybridized carbons (Fsp3) is 0.174. The minimum atomic E-state index is -1.06. The second-order valence-electron chi connectivity index (χ2n) is 6.53. The van der Waals surface area contributed by atoms with Crippen molar-refractivity contribution >= 4 is 40.4 Å². The first-order valence-corrected chi connectivity index (χ1v) is 9.25. The van der Waals surface area contributed by atoms with Crippen LogP contribution in [-0.2, 0) is 14.3 Å². The van der Waals surface area contributed by atoms with E-state index in [4.69, 9.17) is 13.9 Å². The lowest BCUT2D eigenvalue weighted by molar-refractivity contribution is -0.148. The number of para-hydroxylation sites is 2. The second-order valence-corrected chi connectivity index (χ2v) is 6.53. The summed E-state index contributed by atoms with van der Waals surface area (Å²) in [6.07, 6.45) is 1.58. The highest BCUT2D eigenvalue weighted by Crippen LogP contribution is 2.28. The third kappa shape index (κ3) is 4.75. The molecular formula is C23H21NO6. The minimum Gasteiger partial charge on any atom is -0.493 e. The molecule has 0 fully saturated rings. The summed E-state index contributed by atoms with van der Waals surface area (Å²) in [5, 5.41) is 3.44. The number of ketones is 1. The van der Waals surface area contributed by atoms with Crippen molar-refractivity contribution in [2.75, 3.05) is 12.4 Å². The Kier molecular flexibility index (Phi) is 6.32. The first-order valence-electron chi connectivity index (χ1n) is 9.25. The van der Waals surface area contributed by atoms with Gasteiger partial charge in [0.15, 0.2) is 23.2 Å². The molecule has 0 spiro atoms. The van der Waals surface area contributed by atoms with Crippen molar-refractivity contribution in [3.05, 3.63) is 65.9 Å². The van der Waals surface area contributed by atoms with E-state index in [1.165, 1.54) is 26.0 Å². The number of hydrogen-bond acceptors (Lipinski definition) is 6. The second kappa shape index (κ2) is 9.09. The van der Waals surface area contributed by atoms with Gasteiger partial charge in [-0.05, 0) is 44.2 Å². The molecule has 1 N–H and O–H groups in total. The van der Waals surface area contributed by atoms with Crippen LogP contribution in [0.25, 0.3) is 17.0 Å². The van der Waals surface area contributed by atoms with Gasteiger partial charge >= 0.3 is 5.97 Å². The molecule has 0 bridgehead atoms. The number of benzene rings is 2. The minimum absolute atomic E-state index is 0.180. The molecule has 30 heavy (non-hydrogen) atoms. The average molecular weight is 407 g/mol. The van der Waals surface area contributed by atoms with Gasteiger partial charge in [-0.15, -0.1) is 0 Å². The molecule has 154 valence electrons. The molecule has 0 saturated carbocycles. The lowest BCUT2D eigenvalue weighted by atomic mass is 10.1. The summed E-state index contributed by atoms with van der Waals surface area (Å²) in [6.45, 7) is 2.86. The zero-order valence-corrected chi connectivity index (χ0v) is 16.8. The van der Waals surface area contributed by atoms with Crippen LogP contribution in [0.5, 0.6) is 5.75 Å². The molecule has 1 aromatic heterocycles. The lowest BCUT2D eigenvalue weighted by Gasteiger charge is -2.14. The Bertz CT molecular complexity index is 1130. The molecule has 0 aliphatic heterocycles. The van der Waals surface area contributed by atoms with E-state index < -0.39 is 18.0 Å². The van der Waals surface area contributed by atoms with E-state index in [1.807, 2.05) is 12.1 Å². The molecule has 2 aromatic carbocycles. The number of carbonyl (C=O) groups is 3. The van der Waals surface area contributed by atoms with E-state index in [9.17, 15) is 14.4 Å². The van der Waals surface area contributed by atoms with E-state index in [0.29, 0.717) is 28.3 Å². The van der Waals surface area contributed by atoms with Gasteiger partial charge in [0.1, 0.15) is 5.76 Å². The number of fused-ring (bicyclic) bond motifs is 1. The van der Waals surface area contributed by atoms with Crippen LogP contribution in [0.15, 0.2) is 59.0 Å². The molecule has 0 saturated heterocycles. The number of ether oxygens (including phenoxy) is 2. The molecule has 1 unspecified atom stereocenters. The molecule has 1 atom stereocenters. The van der Waals surface area contributed by atoms with Crippen LogP contribution in [0, 0.1) is 0 Å². The predicted octanol–water partition coefficient (Wildman–Crippen LogP) is 4.23. The number of anilines is 1.